The van der Waals surface area contributed by atoms with Gasteiger partial charge < -0.3 is 15.5 Å². The topological polar surface area (TPSA) is 69.6 Å². The van der Waals surface area contributed by atoms with Crippen molar-refractivity contribution >= 4 is 5.97 Å². The number of benzene rings is 1. The minimum atomic E-state index is -0.901. The summed E-state index contributed by atoms with van der Waals surface area (Å²) in [4.78, 5) is 10.6. The Labute approximate surface area is 101 Å². The summed E-state index contributed by atoms with van der Waals surface area (Å²) < 4.78 is 0. The number of rotatable bonds is 7. The van der Waals surface area contributed by atoms with Crippen molar-refractivity contribution in [2.75, 3.05) is 6.54 Å². The highest BCUT2D eigenvalue weighted by Crippen LogP contribution is 2.04. The number of nitrogens with one attached hydrogen (secondary N) is 1. The lowest BCUT2D eigenvalue weighted by molar-refractivity contribution is 0.0697. The molecule has 17 heavy (non-hydrogen) atoms. The summed E-state index contributed by atoms with van der Waals surface area (Å²) in [6.45, 7) is 3.36. The van der Waals surface area contributed by atoms with Crippen LogP contribution in [0.3, 0.4) is 0 Å². The molecule has 94 valence electrons. The van der Waals surface area contributed by atoms with Gasteiger partial charge in [0.2, 0.25) is 0 Å². The number of aliphatic hydroxyl groups is 1. The summed E-state index contributed by atoms with van der Waals surface area (Å²) in [5.41, 5.74) is 1.37. The molecule has 0 fully saturated rings. The van der Waals surface area contributed by atoms with Crippen LogP contribution in [0.1, 0.15) is 35.7 Å². The van der Waals surface area contributed by atoms with Crippen molar-refractivity contribution in [3.8, 4) is 0 Å². The first-order valence-corrected chi connectivity index (χ1v) is 5.80. The maximum atomic E-state index is 10.6. The van der Waals surface area contributed by atoms with Gasteiger partial charge in [-0.2, -0.15) is 0 Å². The third kappa shape index (κ3) is 5.47. The second kappa shape index (κ2) is 7.04. The zero-order chi connectivity index (χ0) is 12.7. The van der Waals surface area contributed by atoms with Crippen LogP contribution in [-0.2, 0) is 6.54 Å². The van der Waals surface area contributed by atoms with Gasteiger partial charge in [-0.05, 0) is 44.0 Å². The number of carboxylic acids is 1. The van der Waals surface area contributed by atoms with Gasteiger partial charge in [0.05, 0.1) is 11.7 Å². The molecule has 0 aliphatic carbocycles. The molecule has 0 aliphatic rings. The summed E-state index contributed by atoms with van der Waals surface area (Å²) in [5, 5.41) is 21.0. The van der Waals surface area contributed by atoms with Crippen molar-refractivity contribution in [1.29, 1.82) is 0 Å². The maximum Gasteiger partial charge on any atom is 0.335 e. The highest BCUT2D eigenvalue weighted by atomic mass is 16.4. The van der Waals surface area contributed by atoms with Crippen LogP contribution in [0.15, 0.2) is 24.3 Å². The van der Waals surface area contributed by atoms with E-state index in [0.29, 0.717) is 5.56 Å². The second-order valence-electron chi connectivity index (χ2n) is 4.17. The zero-order valence-electron chi connectivity index (χ0n) is 10.0. The van der Waals surface area contributed by atoms with Gasteiger partial charge in [-0.1, -0.05) is 12.1 Å². The Hall–Kier alpha value is -1.39. The Balaban J connectivity index is 2.25. The minimum Gasteiger partial charge on any atom is -0.478 e. The highest BCUT2D eigenvalue weighted by Gasteiger charge is 2.01. The number of hydrogen-bond acceptors (Lipinski definition) is 3. The molecule has 1 aromatic carbocycles. The number of hydrogen-bond donors (Lipinski definition) is 3. The van der Waals surface area contributed by atoms with E-state index in [4.69, 9.17) is 10.2 Å². The van der Waals surface area contributed by atoms with Crippen LogP contribution >= 0.6 is 0 Å². The largest absolute Gasteiger partial charge is 0.478 e. The van der Waals surface area contributed by atoms with E-state index in [1.165, 1.54) is 0 Å². The lowest BCUT2D eigenvalue weighted by Gasteiger charge is -2.06. The molecule has 0 saturated heterocycles. The molecule has 0 heterocycles. The van der Waals surface area contributed by atoms with E-state index in [9.17, 15) is 4.79 Å². The zero-order valence-corrected chi connectivity index (χ0v) is 10.0. The fourth-order valence-electron chi connectivity index (χ4n) is 1.52. The molecule has 3 N–H and O–H groups in total. The van der Waals surface area contributed by atoms with Crippen molar-refractivity contribution < 1.29 is 15.0 Å². The van der Waals surface area contributed by atoms with Gasteiger partial charge in [0.1, 0.15) is 0 Å². The van der Waals surface area contributed by atoms with Crippen molar-refractivity contribution in [3.63, 3.8) is 0 Å². The molecule has 0 aliphatic heterocycles. The molecule has 0 spiro atoms. The van der Waals surface area contributed by atoms with Crippen molar-refractivity contribution in [2.45, 2.75) is 32.4 Å². The van der Waals surface area contributed by atoms with Gasteiger partial charge in [-0.15, -0.1) is 0 Å². The van der Waals surface area contributed by atoms with E-state index in [1.807, 2.05) is 12.1 Å². The summed E-state index contributed by atoms with van der Waals surface area (Å²) in [6.07, 6.45) is 1.49. The SMILES string of the molecule is CC(O)CCCNCc1ccc(C(=O)O)cc1. The van der Waals surface area contributed by atoms with Crippen LogP contribution < -0.4 is 5.32 Å². The third-order valence-corrected chi connectivity index (χ3v) is 2.51. The average molecular weight is 237 g/mol. The van der Waals surface area contributed by atoms with Gasteiger partial charge in [-0.25, -0.2) is 4.79 Å². The van der Waals surface area contributed by atoms with E-state index in [0.717, 1.165) is 31.5 Å². The predicted molar refractivity (Wildman–Crippen MR) is 66.0 cm³/mol. The minimum absolute atomic E-state index is 0.244. The normalized spacial score (nSPS) is 12.4. The fraction of sp³-hybridized carbons (Fsp3) is 0.462. The Morgan fingerprint density at radius 2 is 2.00 bits per heavy atom. The monoisotopic (exact) mass is 237 g/mol. The predicted octanol–water partition coefficient (Wildman–Crippen LogP) is 1.64. The molecule has 0 aromatic heterocycles. The van der Waals surface area contributed by atoms with E-state index in [2.05, 4.69) is 5.32 Å². The Kier molecular flexibility index (Phi) is 5.66. The Bertz CT molecular complexity index is 346. The van der Waals surface area contributed by atoms with Gasteiger partial charge in [0.15, 0.2) is 0 Å². The molecule has 1 aromatic rings. The first kappa shape index (κ1) is 13.7. The second-order valence-corrected chi connectivity index (χ2v) is 4.17. The van der Waals surface area contributed by atoms with Gasteiger partial charge in [-0.3, -0.25) is 0 Å². The average Bonchev–Trinajstić information content (AvgIpc) is 2.29. The van der Waals surface area contributed by atoms with Crippen molar-refractivity contribution in [1.82, 2.24) is 5.32 Å². The Morgan fingerprint density at radius 1 is 1.35 bits per heavy atom. The molecule has 0 bridgehead atoms. The summed E-state index contributed by atoms with van der Waals surface area (Å²) >= 11 is 0. The van der Waals surface area contributed by atoms with Crippen LogP contribution in [0.5, 0.6) is 0 Å². The number of carbonyl (C=O) groups is 1. The number of carboxylic acid groups (broad SMARTS) is 1. The third-order valence-electron chi connectivity index (χ3n) is 2.51. The van der Waals surface area contributed by atoms with Crippen molar-refractivity contribution in [3.05, 3.63) is 35.4 Å². The highest BCUT2D eigenvalue weighted by molar-refractivity contribution is 5.87. The first-order valence-electron chi connectivity index (χ1n) is 5.80. The Morgan fingerprint density at radius 3 is 2.53 bits per heavy atom. The molecule has 4 heteroatoms. The standard InChI is InChI=1S/C13H19NO3/c1-10(15)3-2-8-14-9-11-4-6-12(7-5-11)13(16)17/h4-7,10,14-15H,2-3,8-9H2,1H3,(H,16,17). The number of aliphatic hydroxyl groups excluding tert-OH is 1. The smallest absolute Gasteiger partial charge is 0.335 e. The summed E-state index contributed by atoms with van der Waals surface area (Å²) in [6, 6.07) is 6.83. The van der Waals surface area contributed by atoms with Crippen molar-refractivity contribution in [2.24, 2.45) is 0 Å². The lowest BCUT2D eigenvalue weighted by Crippen LogP contribution is -2.16. The molecule has 1 atom stereocenters. The molecule has 1 rings (SSSR count). The van der Waals surface area contributed by atoms with Crippen LogP contribution in [0.4, 0.5) is 0 Å². The molecule has 4 nitrogen and oxygen atoms in total. The van der Waals surface area contributed by atoms with Gasteiger partial charge in [0.25, 0.3) is 0 Å². The van der Waals surface area contributed by atoms with Crippen LogP contribution in [0.25, 0.3) is 0 Å². The molecule has 0 amide bonds. The fourth-order valence-corrected chi connectivity index (χ4v) is 1.52. The lowest BCUT2D eigenvalue weighted by atomic mass is 10.1. The molecule has 0 saturated carbocycles. The molecular weight excluding hydrogens is 218 g/mol. The quantitative estimate of drug-likeness (QED) is 0.630. The summed E-state index contributed by atoms with van der Waals surface area (Å²) in [5.74, 6) is -0.901. The molecule has 1 unspecified atom stereocenters. The van der Waals surface area contributed by atoms with Crippen LogP contribution in [-0.4, -0.2) is 28.8 Å². The van der Waals surface area contributed by atoms with E-state index in [1.54, 1.807) is 19.1 Å². The van der Waals surface area contributed by atoms with E-state index < -0.39 is 5.97 Å². The van der Waals surface area contributed by atoms with Crippen LogP contribution in [0, 0.1) is 0 Å². The van der Waals surface area contributed by atoms with Crippen LogP contribution in [0.2, 0.25) is 0 Å². The number of aromatic carboxylic acids is 1. The molecular formula is C13H19NO3. The van der Waals surface area contributed by atoms with E-state index >= 15 is 0 Å². The summed E-state index contributed by atoms with van der Waals surface area (Å²) in [7, 11) is 0. The first-order chi connectivity index (χ1) is 8.09. The molecule has 0 radical (unpaired) electrons. The van der Waals surface area contributed by atoms with Gasteiger partial charge in [0, 0.05) is 6.54 Å². The van der Waals surface area contributed by atoms with Gasteiger partial charge >= 0.3 is 5.97 Å². The maximum absolute atomic E-state index is 10.6. The van der Waals surface area contributed by atoms with E-state index in [-0.39, 0.29) is 6.10 Å².